The van der Waals surface area contributed by atoms with E-state index in [2.05, 4.69) is 15.9 Å². The number of hydrogen-bond donors (Lipinski definition) is 0. The van der Waals surface area contributed by atoms with Crippen LogP contribution in [-0.2, 0) is 16.6 Å². The Morgan fingerprint density at radius 2 is 1.90 bits per heavy atom. The normalized spacial score (nSPS) is 12.1. The molecule has 20 heavy (non-hydrogen) atoms. The third kappa shape index (κ3) is 3.28. The molecule has 0 aliphatic rings. The highest BCUT2D eigenvalue weighted by Crippen LogP contribution is 2.31. The summed E-state index contributed by atoms with van der Waals surface area (Å²) in [4.78, 5) is 1.04. The highest BCUT2D eigenvalue weighted by Gasteiger charge is 2.24. The predicted octanol–water partition coefficient (Wildman–Crippen LogP) is 3.78. The number of aryl methyl sites for hydroxylation is 1. The fourth-order valence-corrected chi connectivity index (χ4v) is 5.32. The van der Waals surface area contributed by atoms with Crippen molar-refractivity contribution in [2.24, 2.45) is 0 Å². The van der Waals surface area contributed by atoms with Gasteiger partial charge in [-0.05, 0) is 46.6 Å². The molecule has 0 saturated carbocycles. The molecule has 0 unspecified atom stereocenters. The molecule has 2 rings (SSSR count). The Bertz CT molecular complexity index is 710. The number of nitrogens with zero attached hydrogens (tertiary/aromatic N) is 1. The van der Waals surface area contributed by atoms with Crippen LogP contribution in [0.25, 0.3) is 0 Å². The zero-order valence-corrected chi connectivity index (χ0v) is 14.1. The van der Waals surface area contributed by atoms with Crippen LogP contribution in [0.4, 0.5) is 4.39 Å². The summed E-state index contributed by atoms with van der Waals surface area (Å²) in [5.74, 6) is -0.336. The Balaban J connectivity index is 2.25. The summed E-state index contributed by atoms with van der Waals surface area (Å²) < 4.78 is 39.8. The summed E-state index contributed by atoms with van der Waals surface area (Å²) in [5, 5.41) is 0. The first-order chi connectivity index (χ1) is 9.30. The second-order valence-corrected chi connectivity index (χ2v) is 9.01. The van der Waals surface area contributed by atoms with Crippen LogP contribution in [0.15, 0.2) is 39.0 Å². The average molecular weight is 378 g/mol. The molecule has 0 saturated heterocycles. The zero-order chi connectivity index (χ0) is 14.9. The van der Waals surface area contributed by atoms with Crippen molar-refractivity contribution < 1.29 is 12.8 Å². The largest absolute Gasteiger partial charge is 0.244 e. The lowest BCUT2D eigenvalue weighted by Crippen LogP contribution is -2.26. The monoisotopic (exact) mass is 377 g/mol. The number of thiophene rings is 1. The third-order valence-corrected chi connectivity index (χ3v) is 6.46. The van der Waals surface area contributed by atoms with Gasteiger partial charge in [0.25, 0.3) is 0 Å². The van der Waals surface area contributed by atoms with E-state index in [-0.39, 0.29) is 12.4 Å². The Morgan fingerprint density at radius 3 is 2.40 bits per heavy atom. The van der Waals surface area contributed by atoms with Gasteiger partial charge in [-0.1, -0.05) is 12.1 Å². The first-order valence-corrected chi connectivity index (χ1v) is 8.82. The van der Waals surface area contributed by atoms with E-state index in [1.807, 2.05) is 0 Å². The van der Waals surface area contributed by atoms with Crippen LogP contribution in [0.5, 0.6) is 0 Å². The van der Waals surface area contributed by atoms with Gasteiger partial charge in [0.05, 0.1) is 8.68 Å². The van der Waals surface area contributed by atoms with Gasteiger partial charge in [0.1, 0.15) is 5.82 Å². The molecule has 0 fully saturated rings. The third-order valence-electron chi connectivity index (χ3n) is 2.85. The molecule has 0 spiro atoms. The van der Waals surface area contributed by atoms with Crippen LogP contribution in [0, 0.1) is 12.7 Å². The Morgan fingerprint density at radius 1 is 1.30 bits per heavy atom. The van der Waals surface area contributed by atoms with E-state index < -0.39 is 10.0 Å². The van der Waals surface area contributed by atoms with Crippen molar-refractivity contribution in [1.29, 1.82) is 0 Å². The van der Waals surface area contributed by atoms with Crippen LogP contribution in [-0.4, -0.2) is 19.8 Å². The Hall–Kier alpha value is -0.760. The molecule has 3 nitrogen and oxygen atoms in total. The molecule has 108 valence electrons. The van der Waals surface area contributed by atoms with E-state index in [1.165, 1.54) is 34.8 Å². The molecule has 1 aromatic heterocycles. The fourth-order valence-electron chi connectivity index (χ4n) is 1.79. The van der Waals surface area contributed by atoms with Crippen molar-refractivity contribution in [1.82, 2.24) is 4.31 Å². The van der Waals surface area contributed by atoms with Gasteiger partial charge in [0, 0.05) is 18.5 Å². The molecule has 1 heterocycles. The van der Waals surface area contributed by atoms with Crippen LogP contribution in [0.3, 0.4) is 0 Å². The lowest BCUT2D eigenvalue weighted by atomic mass is 10.2. The smallest absolute Gasteiger partial charge is 0.207 e. The molecule has 0 N–H and O–H groups in total. The predicted molar refractivity (Wildman–Crippen MR) is 81.8 cm³/mol. The summed E-state index contributed by atoms with van der Waals surface area (Å²) in [5.41, 5.74) is 0.740. The minimum atomic E-state index is -3.54. The molecule has 0 radical (unpaired) electrons. The number of sulfonamides is 1. The highest BCUT2D eigenvalue weighted by atomic mass is 79.9. The van der Waals surface area contributed by atoms with E-state index in [4.69, 9.17) is 0 Å². The fraction of sp³-hybridized carbons (Fsp3) is 0.231. The summed E-state index contributed by atoms with van der Waals surface area (Å²) in [6.45, 7) is 1.98. The summed E-state index contributed by atoms with van der Waals surface area (Å²) in [6, 6.07) is 7.41. The highest BCUT2D eigenvalue weighted by molar-refractivity contribution is 9.11. The van der Waals surface area contributed by atoms with Gasteiger partial charge in [-0.2, -0.15) is 4.31 Å². The SMILES string of the molecule is Cc1sc(Br)cc1S(=O)(=O)N(C)Cc1ccc(F)cc1. The maximum absolute atomic E-state index is 12.8. The van der Waals surface area contributed by atoms with Gasteiger partial charge < -0.3 is 0 Å². The van der Waals surface area contributed by atoms with Crippen molar-refractivity contribution in [3.63, 3.8) is 0 Å². The topological polar surface area (TPSA) is 37.4 Å². The summed E-state index contributed by atoms with van der Waals surface area (Å²) in [6.07, 6.45) is 0. The van der Waals surface area contributed by atoms with Gasteiger partial charge in [-0.25, -0.2) is 12.8 Å². The maximum Gasteiger partial charge on any atom is 0.244 e. The van der Waals surface area contributed by atoms with E-state index in [1.54, 1.807) is 25.1 Å². The van der Waals surface area contributed by atoms with Crippen molar-refractivity contribution in [2.75, 3.05) is 7.05 Å². The van der Waals surface area contributed by atoms with Crippen LogP contribution in [0.2, 0.25) is 0 Å². The van der Waals surface area contributed by atoms with Crippen molar-refractivity contribution in [3.05, 3.63) is 50.4 Å². The number of benzene rings is 1. The van der Waals surface area contributed by atoms with Gasteiger partial charge in [-0.3, -0.25) is 0 Å². The first kappa shape index (κ1) is 15.6. The molecule has 0 aliphatic heterocycles. The molecule has 1 aromatic carbocycles. The molecule has 0 atom stereocenters. The standard InChI is InChI=1S/C13H13BrFNO2S2/c1-9-12(7-13(14)19-9)20(17,18)16(2)8-10-3-5-11(15)6-4-10/h3-7H,8H2,1-2H3. The Labute approximate surface area is 130 Å². The molecule has 0 amide bonds. The van der Waals surface area contributed by atoms with Crippen LogP contribution >= 0.6 is 27.3 Å². The summed E-state index contributed by atoms with van der Waals surface area (Å²) >= 11 is 4.68. The Kier molecular flexibility index (Phi) is 4.63. The van der Waals surface area contributed by atoms with Gasteiger partial charge in [0.2, 0.25) is 10.0 Å². The zero-order valence-electron chi connectivity index (χ0n) is 10.9. The maximum atomic E-state index is 12.8. The second kappa shape index (κ2) is 5.93. The van der Waals surface area contributed by atoms with Crippen LogP contribution in [0.1, 0.15) is 10.4 Å². The number of hydrogen-bond acceptors (Lipinski definition) is 3. The van der Waals surface area contributed by atoms with Gasteiger partial charge in [-0.15, -0.1) is 11.3 Å². The second-order valence-electron chi connectivity index (χ2n) is 4.36. The lowest BCUT2D eigenvalue weighted by molar-refractivity contribution is 0.466. The molecule has 2 aromatic rings. The van der Waals surface area contributed by atoms with Gasteiger partial charge >= 0.3 is 0 Å². The van der Waals surface area contributed by atoms with Crippen LogP contribution < -0.4 is 0 Å². The van der Waals surface area contributed by atoms with E-state index in [0.717, 1.165) is 14.2 Å². The first-order valence-electron chi connectivity index (χ1n) is 5.77. The number of rotatable bonds is 4. The van der Waals surface area contributed by atoms with Crippen molar-refractivity contribution in [2.45, 2.75) is 18.4 Å². The molecule has 0 bridgehead atoms. The van der Waals surface area contributed by atoms with E-state index in [0.29, 0.717) is 4.90 Å². The van der Waals surface area contributed by atoms with E-state index in [9.17, 15) is 12.8 Å². The van der Waals surface area contributed by atoms with Crippen molar-refractivity contribution in [3.8, 4) is 0 Å². The molecule has 0 aliphatic carbocycles. The average Bonchev–Trinajstić information content (AvgIpc) is 2.72. The minimum absolute atomic E-state index is 0.204. The summed E-state index contributed by atoms with van der Waals surface area (Å²) in [7, 11) is -2.02. The quantitative estimate of drug-likeness (QED) is 0.812. The van der Waals surface area contributed by atoms with Gasteiger partial charge in [0.15, 0.2) is 0 Å². The lowest BCUT2D eigenvalue weighted by Gasteiger charge is -2.17. The molecular formula is C13H13BrFNO2S2. The van der Waals surface area contributed by atoms with Crippen molar-refractivity contribution >= 4 is 37.3 Å². The number of halogens is 2. The van der Waals surface area contributed by atoms with E-state index >= 15 is 0 Å². The minimum Gasteiger partial charge on any atom is -0.207 e. The molecule has 7 heteroatoms. The molecular weight excluding hydrogens is 365 g/mol.